The maximum atomic E-state index is 10.7. The van der Waals surface area contributed by atoms with Gasteiger partial charge in [0.2, 0.25) is 0 Å². The summed E-state index contributed by atoms with van der Waals surface area (Å²) in [5.41, 5.74) is 5.15. The Labute approximate surface area is 65.7 Å². The topological polar surface area (TPSA) is 69.4 Å². The number of hydrogen-bond donors (Lipinski definition) is 1. The van der Waals surface area contributed by atoms with E-state index in [1.165, 1.54) is 6.92 Å². The Morgan fingerprint density at radius 1 is 1.55 bits per heavy atom. The van der Waals surface area contributed by atoms with Crippen LogP contribution in [-0.4, -0.2) is 18.0 Å². The van der Waals surface area contributed by atoms with Crippen LogP contribution in [0.15, 0.2) is 0 Å². The number of hydrogen-bond acceptors (Lipinski definition) is 4. The number of carbonyl (C=O) groups is 2. The second-order valence-corrected chi connectivity index (χ2v) is 2.33. The van der Waals surface area contributed by atoms with E-state index in [9.17, 15) is 9.59 Å². The molecule has 0 saturated carbocycles. The predicted molar refractivity (Wildman–Crippen MR) is 39.7 cm³/mol. The lowest BCUT2D eigenvalue weighted by Crippen LogP contribution is -2.30. The molecule has 0 fully saturated rings. The fraction of sp³-hybridized carbons (Fsp3) is 0.714. The first kappa shape index (κ1) is 10.1. The van der Waals surface area contributed by atoms with E-state index in [0.29, 0.717) is 6.42 Å². The van der Waals surface area contributed by atoms with E-state index in [-0.39, 0.29) is 6.42 Å². The van der Waals surface area contributed by atoms with Crippen LogP contribution in [0.1, 0.15) is 26.7 Å². The third kappa shape index (κ3) is 4.50. The molecule has 0 heterocycles. The highest BCUT2D eigenvalue weighted by Crippen LogP contribution is 1.93. The van der Waals surface area contributed by atoms with Crippen molar-refractivity contribution in [2.24, 2.45) is 5.73 Å². The van der Waals surface area contributed by atoms with Gasteiger partial charge in [-0.25, -0.2) is 4.79 Å². The van der Waals surface area contributed by atoms with Gasteiger partial charge in [-0.1, -0.05) is 6.92 Å². The van der Waals surface area contributed by atoms with Crippen molar-refractivity contribution < 1.29 is 14.3 Å². The maximum absolute atomic E-state index is 10.7. The van der Waals surface area contributed by atoms with Gasteiger partial charge in [0.1, 0.15) is 6.04 Å². The average Bonchev–Trinajstić information content (AvgIpc) is 1.87. The first-order valence-electron chi connectivity index (χ1n) is 3.58. The van der Waals surface area contributed by atoms with E-state index in [1.807, 2.05) is 6.92 Å². The summed E-state index contributed by atoms with van der Waals surface area (Å²) >= 11 is 0. The third-order valence-electron chi connectivity index (χ3n) is 1.04. The first-order valence-corrected chi connectivity index (χ1v) is 3.58. The number of nitrogens with two attached hydrogens (primary N) is 1. The zero-order valence-electron chi connectivity index (χ0n) is 6.79. The minimum absolute atomic E-state index is 0.262. The van der Waals surface area contributed by atoms with Crippen molar-refractivity contribution in [3.05, 3.63) is 0 Å². The van der Waals surface area contributed by atoms with Crippen LogP contribution in [0.25, 0.3) is 0 Å². The minimum Gasteiger partial charge on any atom is -0.392 e. The second-order valence-electron chi connectivity index (χ2n) is 2.33. The van der Waals surface area contributed by atoms with Crippen molar-refractivity contribution in [3.63, 3.8) is 0 Å². The molecular weight excluding hydrogens is 146 g/mol. The smallest absolute Gasteiger partial charge is 0.330 e. The molecule has 4 heteroatoms. The van der Waals surface area contributed by atoms with Crippen LogP contribution >= 0.6 is 0 Å². The zero-order chi connectivity index (χ0) is 8.85. The van der Waals surface area contributed by atoms with Crippen LogP contribution in [0, 0.1) is 0 Å². The molecule has 0 aliphatic heterocycles. The van der Waals surface area contributed by atoms with Crippen molar-refractivity contribution in [1.29, 1.82) is 0 Å². The molecule has 0 aromatic carbocycles. The molecule has 0 radical (unpaired) electrons. The molecule has 2 N–H and O–H groups in total. The Kier molecular flexibility index (Phi) is 4.45. The quantitative estimate of drug-likeness (QED) is 0.472. The third-order valence-corrected chi connectivity index (χ3v) is 1.04. The lowest BCUT2D eigenvalue weighted by molar-refractivity contribution is -0.160. The van der Waals surface area contributed by atoms with E-state index >= 15 is 0 Å². The van der Waals surface area contributed by atoms with E-state index in [4.69, 9.17) is 5.73 Å². The van der Waals surface area contributed by atoms with Crippen LogP contribution < -0.4 is 5.73 Å². The summed E-state index contributed by atoms with van der Waals surface area (Å²) in [6.45, 7) is 3.30. The van der Waals surface area contributed by atoms with Gasteiger partial charge in [0.25, 0.3) is 0 Å². The van der Waals surface area contributed by atoms with Crippen LogP contribution in [-0.2, 0) is 14.3 Å². The fourth-order valence-corrected chi connectivity index (χ4v) is 0.460. The van der Waals surface area contributed by atoms with Gasteiger partial charge in [-0.15, -0.1) is 0 Å². The monoisotopic (exact) mass is 159 g/mol. The Hall–Kier alpha value is -0.900. The van der Waals surface area contributed by atoms with E-state index < -0.39 is 18.0 Å². The van der Waals surface area contributed by atoms with Gasteiger partial charge in [-0.05, 0) is 13.3 Å². The number of carbonyl (C=O) groups excluding carboxylic acids is 2. The molecule has 0 aliphatic rings. The van der Waals surface area contributed by atoms with Gasteiger partial charge in [-0.3, -0.25) is 4.79 Å². The zero-order valence-corrected chi connectivity index (χ0v) is 6.79. The van der Waals surface area contributed by atoms with Gasteiger partial charge in [0.05, 0.1) is 0 Å². The minimum atomic E-state index is -0.726. The van der Waals surface area contributed by atoms with Gasteiger partial charge >= 0.3 is 11.9 Å². The second kappa shape index (κ2) is 4.85. The van der Waals surface area contributed by atoms with Gasteiger partial charge in [0.15, 0.2) is 0 Å². The van der Waals surface area contributed by atoms with Crippen LogP contribution in [0.2, 0.25) is 0 Å². The standard InChI is InChI=1S/C7H13NO3/c1-3-4-6(9)11-7(10)5(2)8/h5H,3-4,8H2,1-2H3/t5-/m1/s1. The average molecular weight is 159 g/mol. The molecule has 1 atom stereocenters. The molecule has 4 nitrogen and oxygen atoms in total. The van der Waals surface area contributed by atoms with Crippen LogP contribution in [0.3, 0.4) is 0 Å². The number of rotatable bonds is 3. The lowest BCUT2D eigenvalue weighted by Gasteiger charge is -2.03. The fourth-order valence-electron chi connectivity index (χ4n) is 0.460. The highest BCUT2D eigenvalue weighted by Gasteiger charge is 2.12. The summed E-state index contributed by atoms with van der Waals surface area (Å²) < 4.78 is 4.35. The summed E-state index contributed by atoms with van der Waals surface area (Å²) in [5.74, 6) is -1.17. The summed E-state index contributed by atoms with van der Waals surface area (Å²) in [6, 6.07) is -0.726. The van der Waals surface area contributed by atoms with Crippen molar-refractivity contribution in [1.82, 2.24) is 0 Å². The Balaban J connectivity index is 3.67. The molecular formula is C7H13NO3. The maximum Gasteiger partial charge on any atom is 0.330 e. The van der Waals surface area contributed by atoms with Gasteiger partial charge in [-0.2, -0.15) is 0 Å². The predicted octanol–water partition coefficient (Wildman–Crippen LogP) is 0.203. The number of ether oxygens (including phenoxy) is 1. The molecule has 0 aromatic rings. The molecule has 0 rings (SSSR count). The Morgan fingerprint density at radius 2 is 2.09 bits per heavy atom. The normalized spacial score (nSPS) is 12.3. The highest BCUT2D eigenvalue weighted by atomic mass is 16.6. The molecule has 64 valence electrons. The summed E-state index contributed by atoms with van der Waals surface area (Å²) in [7, 11) is 0. The molecule has 0 aromatic heterocycles. The molecule has 0 spiro atoms. The number of esters is 2. The first-order chi connectivity index (χ1) is 5.07. The molecule has 0 unspecified atom stereocenters. The SMILES string of the molecule is CCCC(=O)OC(=O)[C@@H](C)N. The van der Waals surface area contributed by atoms with Crippen molar-refractivity contribution in [2.45, 2.75) is 32.7 Å². The van der Waals surface area contributed by atoms with Crippen LogP contribution in [0.4, 0.5) is 0 Å². The van der Waals surface area contributed by atoms with Crippen molar-refractivity contribution in [3.8, 4) is 0 Å². The Bertz CT molecular complexity index is 154. The van der Waals surface area contributed by atoms with Crippen molar-refractivity contribution in [2.75, 3.05) is 0 Å². The molecule has 11 heavy (non-hydrogen) atoms. The summed E-state index contributed by atoms with van der Waals surface area (Å²) in [6.07, 6.45) is 0.934. The molecule has 0 bridgehead atoms. The Morgan fingerprint density at radius 3 is 2.45 bits per heavy atom. The largest absolute Gasteiger partial charge is 0.392 e. The lowest BCUT2D eigenvalue weighted by atomic mass is 10.3. The summed E-state index contributed by atoms with van der Waals surface area (Å²) in [5, 5.41) is 0. The molecule has 0 aliphatic carbocycles. The summed E-state index contributed by atoms with van der Waals surface area (Å²) in [4.78, 5) is 21.3. The highest BCUT2D eigenvalue weighted by molar-refractivity contribution is 5.87. The van der Waals surface area contributed by atoms with E-state index in [0.717, 1.165) is 0 Å². The molecule has 0 saturated heterocycles. The van der Waals surface area contributed by atoms with E-state index in [2.05, 4.69) is 4.74 Å². The van der Waals surface area contributed by atoms with Gasteiger partial charge < -0.3 is 10.5 Å². The van der Waals surface area contributed by atoms with Crippen molar-refractivity contribution >= 4 is 11.9 Å². The van der Waals surface area contributed by atoms with E-state index in [1.54, 1.807) is 0 Å². The van der Waals surface area contributed by atoms with Gasteiger partial charge in [0, 0.05) is 6.42 Å². The van der Waals surface area contributed by atoms with Crippen LogP contribution in [0.5, 0.6) is 0 Å². The molecule has 0 amide bonds.